The molecule has 9 nitrogen and oxygen atoms in total. The van der Waals surface area contributed by atoms with Gasteiger partial charge < -0.3 is 33.2 Å². The van der Waals surface area contributed by atoms with Gasteiger partial charge >= 0.3 is 11.9 Å². The van der Waals surface area contributed by atoms with Gasteiger partial charge in [-0.15, -0.1) is 0 Å². The van der Waals surface area contributed by atoms with E-state index in [-0.39, 0.29) is 29.8 Å². The Kier molecular flexibility index (Phi) is 7.96. The van der Waals surface area contributed by atoms with Gasteiger partial charge in [-0.3, -0.25) is 4.79 Å². The van der Waals surface area contributed by atoms with Crippen molar-refractivity contribution in [1.29, 1.82) is 0 Å². The maximum atomic E-state index is 13.7. The number of hydrogen-bond donors (Lipinski definition) is 1. The van der Waals surface area contributed by atoms with Crippen LogP contribution in [0.5, 0.6) is 0 Å². The van der Waals surface area contributed by atoms with E-state index in [1.165, 1.54) is 6.92 Å². The standard InChI is InChI=1S/C35H48O9/c1-9-18(3)32(38)44-31-29-30-33(6,17-41-29)26(42-20(5)36)15-25(37)34(30,7)24-14-27(40-10-2)43-23-13-22(21-11-12-39-16-21)19(4)28(23)35(24,31)8/h9,11-12,16,22-27,29-31,37H,10,13-15,17H2,1-8H3/b18-9+/t22-,23+,24+,25-,26+,27+,29+,30+,31+,33+,34-,35+/m0/s1. The predicted octanol–water partition coefficient (Wildman–Crippen LogP) is 5.47. The van der Waals surface area contributed by atoms with E-state index < -0.39 is 52.9 Å². The number of carbonyl (C=O) groups excluding carboxylic acids is 2. The molecule has 9 heteroatoms. The summed E-state index contributed by atoms with van der Waals surface area (Å²) in [4.78, 5) is 25.9. The minimum Gasteiger partial charge on any atom is -0.472 e. The molecule has 0 spiro atoms. The highest BCUT2D eigenvalue weighted by Gasteiger charge is 2.77. The Morgan fingerprint density at radius 3 is 2.52 bits per heavy atom. The van der Waals surface area contributed by atoms with E-state index in [9.17, 15) is 14.7 Å². The van der Waals surface area contributed by atoms with Crippen molar-refractivity contribution in [3.8, 4) is 0 Å². The Bertz CT molecular complexity index is 1350. The molecule has 2 aliphatic heterocycles. The topological polar surface area (TPSA) is 114 Å². The summed E-state index contributed by atoms with van der Waals surface area (Å²) in [7, 11) is 0. The van der Waals surface area contributed by atoms with Crippen LogP contribution in [0.1, 0.15) is 86.1 Å². The average molecular weight is 613 g/mol. The van der Waals surface area contributed by atoms with Crippen molar-refractivity contribution in [2.75, 3.05) is 13.2 Å². The van der Waals surface area contributed by atoms with Crippen molar-refractivity contribution < 1.29 is 42.8 Å². The summed E-state index contributed by atoms with van der Waals surface area (Å²) < 4.78 is 37.8. The number of allylic oxidation sites excluding steroid dienone is 2. The lowest BCUT2D eigenvalue weighted by Crippen LogP contribution is -2.72. The van der Waals surface area contributed by atoms with Crippen molar-refractivity contribution in [1.82, 2.24) is 0 Å². The van der Waals surface area contributed by atoms with E-state index >= 15 is 0 Å². The van der Waals surface area contributed by atoms with E-state index in [2.05, 4.69) is 27.7 Å². The van der Waals surface area contributed by atoms with Crippen LogP contribution in [-0.2, 0) is 33.3 Å². The summed E-state index contributed by atoms with van der Waals surface area (Å²) in [6.07, 6.45) is 3.39. The molecule has 0 bridgehead atoms. The first-order valence-corrected chi connectivity index (χ1v) is 16.1. The number of fused-ring (bicyclic) bond motifs is 4. The number of ether oxygens (including phenoxy) is 5. The van der Waals surface area contributed by atoms with Crippen LogP contribution in [0, 0.1) is 28.1 Å². The third-order valence-electron chi connectivity index (χ3n) is 12.2. The molecule has 1 aromatic rings. The Balaban J connectivity index is 1.59. The van der Waals surface area contributed by atoms with Crippen LogP contribution >= 0.6 is 0 Å². The van der Waals surface area contributed by atoms with E-state index in [1.807, 2.05) is 19.9 Å². The molecule has 2 saturated heterocycles. The number of esters is 2. The number of aliphatic hydroxyl groups is 1. The maximum absolute atomic E-state index is 13.7. The normalized spacial score (nSPS) is 44.8. The molecule has 1 N–H and O–H groups in total. The molecule has 6 rings (SSSR count). The number of hydrogen-bond acceptors (Lipinski definition) is 9. The van der Waals surface area contributed by atoms with Crippen molar-refractivity contribution >= 4 is 11.9 Å². The van der Waals surface area contributed by atoms with Crippen LogP contribution in [0.25, 0.3) is 0 Å². The summed E-state index contributed by atoms with van der Waals surface area (Å²) in [5, 5.41) is 12.2. The van der Waals surface area contributed by atoms with Crippen LogP contribution in [0.2, 0.25) is 0 Å². The Morgan fingerprint density at radius 2 is 1.89 bits per heavy atom. The van der Waals surface area contributed by atoms with E-state index in [0.29, 0.717) is 38.0 Å². The van der Waals surface area contributed by atoms with Gasteiger partial charge in [0, 0.05) is 60.0 Å². The molecule has 44 heavy (non-hydrogen) atoms. The fourth-order valence-corrected chi connectivity index (χ4v) is 10.2. The molecular weight excluding hydrogens is 564 g/mol. The van der Waals surface area contributed by atoms with Crippen molar-refractivity contribution in [2.24, 2.45) is 28.1 Å². The Labute approximate surface area is 260 Å². The van der Waals surface area contributed by atoms with Gasteiger partial charge in [0.15, 0.2) is 6.29 Å². The molecule has 4 fully saturated rings. The molecule has 0 amide bonds. The zero-order valence-corrected chi connectivity index (χ0v) is 27.3. The number of aliphatic hydroxyl groups excluding tert-OH is 1. The first-order chi connectivity index (χ1) is 20.8. The second-order valence-corrected chi connectivity index (χ2v) is 14.3. The number of carbonyl (C=O) groups is 2. The zero-order valence-electron chi connectivity index (χ0n) is 27.3. The van der Waals surface area contributed by atoms with E-state index in [1.54, 1.807) is 25.5 Å². The molecular formula is C35H48O9. The van der Waals surface area contributed by atoms with Gasteiger partial charge in [0.05, 0.1) is 37.4 Å². The van der Waals surface area contributed by atoms with Gasteiger partial charge in [-0.05, 0) is 57.2 Å². The number of furan rings is 1. The van der Waals surface area contributed by atoms with Crippen LogP contribution in [-0.4, -0.2) is 67.1 Å². The summed E-state index contributed by atoms with van der Waals surface area (Å²) in [6, 6.07) is 2.00. The molecule has 3 heterocycles. The first kappa shape index (κ1) is 31.5. The minimum absolute atomic E-state index is 0.0603. The molecule has 0 unspecified atom stereocenters. The van der Waals surface area contributed by atoms with Crippen LogP contribution in [0.3, 0.4) is 0 Å². The Hall–Kier alpha value is -2.46. The highest BCUT2D eigenvalue weighted by molar-refractivity contribution is 5.87. The monoisotopic (exact) mass is 612 g/mol. The molecule has 5 aliphatic rings. The smallest absolute Gasteiger partial charge is 0.333 e. The molecule has 12 atom stereocenters. The summed E-state index contributed by atoms with van der Waals surface area (Å²) >= 11 is 0. The highest BCUT2D eigenvalue weighted by Crippen LogP contribution is 2.72. The minimum atomic E-state index is -0.807. The lowest BCUT2D eigenvalue weighted by atomic mass is 9.39. The average Bonchev–Trinajstić information content (AvgIpc) is 3.68. The molecule has 0 radical (unpaired) electrons. The van der Waals surface area contributed by atoms with E-state index in [4.69, 9.17) is 28.1 Å². The van der Waals surface area contributed by atoms with Crippen LogP contribution < -0.4 is 0 Å². The van der Waals surface area contributed by atoms with Crippen LogP contribution in [0.15, 0.2) is 45.8 Å². The van der Waals surface area contributed by atoms with Gasteiger partial charge in [0.1, 0.15) is 12.2 Å². The summed E-state index contributed by atoms with van der Waals surface area (Å²) in [5.41, 5.74) is 1.78. The van der Waals surface area contributed by atoms with Gasteiger partial charge in [0.2, 0.25) is 0 Å². The fourth-order valence-electron chi connectivity index (χ4n) is 10.2. The zero-order chi connectivity index (χ0) is 31.8. The van der Waals surface area contributed by atoms with Gasteiger partial charge in [-0.1, -0.05) is 32.4 Å². The molecule has 0 aromatic carbocycles. The molecule has 1 aromatic heterocycles. The van der Waals surface area contributed by atoms with Gasteiger partial charge in [0.25, 0.3) is 0 Å². The lowest BCUT2D eigenvalue weighted by Gasteiger charge is -2.66. The summed E-state index contributed by atoms with van der Waals surface area (Å²) in [5.74, 6) is -1.21. The third-order valence-corrected chi connectivity index (χ3v) is 12.2. The quantitative estimate of drug-likeness (QED) is 0.254. The van der Waals surface area contributed by atoms with Crippen molar-refractivity contribution in [2.45, 2.75) is 117 Å². The van der Waals surface area contributed by atoms with E-state index in [0.717, 1.165) is 16.7 Å². The molecule has 242 valence electrons. The van der Waals surface area contributed by atoms with Crippen LogP contribution in [0.4, 0.5) is 0 Å². The van der Waals surface area contributed by atoms with Crippen molar-refractivity contribution in [3.05, 3.63) is 47.0 Å². The summed E-state index contributed by atoms with van der Waals surface area (Å²) in [6.45, 7) is 16.3. The van der Waals surface area contributed by atoms with Gasteiger partial charge in [-0.25, -0.2) is 4.79 Å². The highest BCUT2D eigenvalue weighted by atomic mass is 16.7. The van der Waals surface area contributed by atoms with Gasteiger partial charge in [-0.2, -0.15) is 0 Å². The third kappa shape index (κ3) is 4.40. The maximum Gasteiger partial charge on any atom is 0.333 e. The second-order valence-electron chi connectivity index (χ2n) is 14.3. The Morgan fingerprint density at radius 1 is 1.14 bits per heavy atom. The second kappa shape index (κ2) is 11.1. The number of rotatable bonds is 6. The van der Waals surface area contributed by atoms with Crippen molar-refractivity contribution in [3.63, 3.8) is 0 Å². The fraction of sp³-hybridized carbons (Fsp3) is 0.714. The lowest BCUT2D eigenvalue weighted by molar-refractivity contribution is -0.259. The largest absolute Gasteiger partial charge is 0.472 e. The first-order valence-electron chi connectivity index (χ1n) is 16.1. The predicted molar refractivity (Wildman–Crippen MR) is 160 cm³/mol. The molecule has 3 aliphatic carbocycles. The molecule has 2 saturated carbocycles. The SMILES string of the molecule is C/C=C(\C)C(=O)O[C@@H]1[C@@H]2OC[C@@]3(C)[C@@H]2[C@](C)([C@@H](O)C[C@H]3OC(C)=O)[C@H]2C[C@H](OCC)O[C@@H]3C[C@H](c4ccoc4)C(C)=C3[C@]12C.